The van der Waals surface area contributed by atoms with Crippen molar-refractivity contribution in [2.75, 3.05) is 13.2 Å². The summed E-state index contributed by atoms with van der Waals surface area (Å²) in [5.41, 5.74) is 0. The zero-order chi connectivity index (χ0) is 12.6. The molecule has 0 bridgehead atoms. The summed E-state index contributed by atoms with van der Waals surface area (Å²) in [5, 5.41) is 0. The van der Waals surface area contributed by atoms with E-state index in [2.05, 4.69) is 0 Å². The first-order chi connectivity index (χ1) is 8.86. The van der Waals surface area contributed by atoms with Gasteiger partial charge >= 0.3 is 5.97 Å². The largest absolute Gasteiger partial charge is 0.490 e. The molecule has 0 aliphatic heterocycles. The van der Waals surface area contributed by atoms with Crippen LogP contribution in [-0.2, 0) is 9.53 Å². The summed E-state index contributed by atoms with van der Waals surface area (Å²) < 4.78 is 10.7. The van der Waals surface area contributed by atoms with Crippen LogP contribution in [0.15, 0.2) is 30.3 Å². The molecule has 1 fully saturated rings. The molecule has 3 heteroatoms. The molecular weight excluding hydrogens is 228 g/mol. The zero-order valence-electron chi connectivity index (χ0n) is 10.6. The maximum atomic E-state index is 11.7. The molecule has 1 aromatic rings. The van der Waals surface area contributed by atoms with Gasteiger partial charge in [-0.2, -0.15) is 0 Å². The Bertz CT molecular complexity index is 355. The van der Waals surface area contributed by atoms with Gasteiger partial charge in [0, 0.05) is 0 Å². The summed E-state index contributed by atoms with van der Waals surface area (Å²) in [6.45, 7) is 0.757. The lowest BCUT2D eigenvalue weighted by Gasteiger charge is -2.19. The highest BCUT2D eigenvalue weighted by molar-refractivity contribution is 5.72. The van der Waals surface area contributed by atoms with Crippen molar-refractivity contribution in [3.8, 4) is 5.75 Å². The predicted octanol–water partition coefficient (Wildman–Crippen LogP) is 3.19. The van der Waals surface area contributed by atoms with E-state index in [9.17, 15) is 4.79 Å². The summed E-state index contributed by atoms with van der Waals surface area (Å²) in [7, 11) is 0. The predicted molar refractivity (Wildman–Crippen MR) is 69.5 cm³/mol. The number of esters is 1. The Morgan fingerprint density at radius 3 is 2.50 bits per heavy atom. The molecule has 18 heavy (non-hydrogen) atoms. The lowest BCUT2D eigenvalue weighted by Crippen LogP contribution is -2.22. The molecule has 98 valence electrons. The van der Waals surface area contributed by atoms with Crippen LogP contribution in [0.5, 0.6) is 5.75 Å². The zero-order valence-corrected chi connectivity index (χ0v) is 10.6. The smallest absolute Gasteiger partial charge is 0.309 e. The van der Waals surface area contributed by atoms with E-state index < -0.39 is 0 Å². The van der Waals surface area contributed by atoms with Crippen molar-refractivity contribution >= 4 is 5.97 Å². The van der Waals surface area contributed by atoms with Crippen LogP contribution in [0.1, 0.15) is 32.1 Å². The highest BCUT2D eigenvalue weighted by Crippen LogP contribution is 2.24. The second-order valence-electron chi connectivity index (χ2n) is 4.66. The Hall–Kier alpha value is -1.51. The Morgan fingerprint density at radius 2 is 1.78 bits per heavy atom. The van der Waals surface area contributed by atoms with Crippen LogP contribution in [0, 0.1) is 5.92 Å². The van der Waals surface area contributed by atoms with Gasteiger partial charge in [0.2, 0.25) is 0 Å². The molecule has 0 aromatic heterocycles. The van der Waals surface area contributed by atoms with Gasteiger partial charge in [0.05, 0.1) is 5.92 Å². The fourth-order valence-electron chi connectivity index (χ4n) is 2.27. The minimum atomic E-state index is -0.0497. The molecule has 1 saturated carbocycles. The van der Waals surface area contributed by atoms with Crippen LogP contribution in [0.2, 0.25) is 0 Å². The van der Waals surface area contributed by atoms with E-state index in [1.54, 1.807) is 0 Å². The van der Waals surface area contributed by atoms with Crippen LogP contribution >= 0.6 is 0 Å². The van der Waals surface area contributed by atoms with Gasteiger partial charge in [0.1, 0.15) is 19.0 Å². The molecule has 0 saturated heterocycles. The molecule has 1 aliphatic carbocycles. The average molecular weight is 248 g/mol. The maximum absolute atomic E-state index is 11.7. The van der Waals surface area contributed by atoms with E-state index in [-0.39, 0.29) is 11.9 Å². The lowest BCUT2D eigenvalue weighted by atomic mass is 9.89. The molecule has 0 spiro atoms. The van der Waals surface area contributed by atoms with Crippen molar-refractivity contribution in [3.05, 3.63) is 30.3 Å². The highest BCUT2D eigenvalue weighted by atomic mass is 16.6. The SMILES string of the molecule is O=C(OCCOc1ccccc1)C1CCCCC1. The third-order valence-corrected chi connectivity index (χ3v) is 3.28. The van der Waals surface area contributed by atoms with Gasteiger partial charge in [0.15, 0.2) is 0 Å². The second-order valence-corrected chi connectivity index (χ2v) is 4.66. The fourth-order valence-corrected chi connectivity index (χ4v) is 2.27. The van der Waals surface area contributed by atoms with Crippen LogP contribution < -0.4 is 4.74 Å². The minimum absolute atomic E-state index is 0.0497. The normalized spacial score (nSPS) is 16.2. The first-order valence-electron chi connectivity index (χ1n) is 6.71. The second kappa shape index (κ2) is 7.04. The van der Waals surface area contributed by atoms with Gasteiger partial charge in [-0.1, -0.05) is 37.5 Å². The van der Waals surface area contributed by atoms with E-state index in [1.165, 1.54) is 6.42 Å². The maximum Gasteiger partial charge on any atom is 0.309 e. The summed E-state index contributed by atoms with van der Waals surface area (Å²) in [4.78, 5) is 11.7. The number of benzene rings is 1. The van der Waals surface area contributed by atoms with E-state index in [0.29, 0.717) is 13.2 Å². The lowest BCUT2D eigenvalue weighted by molar-refractivity contribution is -0.150. The van der Waals surface area contributed by atoms with E-state index >= 15 is 0 Å². The summed E-state index contributed by atoms with van der Waals surface area (Å²) in [5.74, 6) is 0.882. The van der Waals surface area contributed by atoms with Crippen molar-refractivity contribution in [3.63, 3.8) is 0 Å². The van der Waals surface area contributed by atoms with Crippen LogP contribution in [0.25, 0.3) is 0 Å². The van der Waals surface area contributed by atoms with Crippen LogP contribution in [-0.4, -0.2) is 19.2 Å². The third-order valence-electron chi connectivity index (χ3n) is 3.28. The summed E-state index contributed by atoms with van der Waals surface area (Å²) in [6.07, 6.45) is 5.53. The average Bonchev–Trinajstić information content (AvgIpc) is 2.45. The first-order valence-corrected chi connectivity index (χ1v) is 6.71. The van der Waals surface area contributed by atoms with Crippen molar-refractivity contribution < 1.29 is 14.3 Å². The van der Waals surface area contributed by atoms with Crippen LogP contribution in [0.4, 0.5) is 0 Å². The molecule has 1 aliphatic rings. The Kier molecular flexibility index (Phi) is 5.06. The molecule has 0 N–H and O–H groups in total. The third kappa shape index (κ3) is 4.06. The van der Waals surface area contributed by atoms with Crippen LogP contribution in [0.3, 0.4) is 0 Å². The number of hydrogen-bond donors (Lipinski definition) is 0. The van der Waals surface area contributed by atoms with Crippen molar-refractivity contribution in [1.82, 2.24) is 0 Å². The molecular formula is C15H20O3. The van der Waals surface area contributed by atoms with Gasteiger partial charge < -0.3 is 9.47 Å². The van der Waals surface area contributed by atoms with E-state index in [1.807, 2.05) is 30.3 Å². The minimum Gasteiger partial charge on any atom is -0.490 e. The molecule has 1 aromatic carbocycles. The van der Waals surface area contributed by atoms with Gasteiger partial charge in [-0.15, -0.1) is 0 Å². The molecule has 2 rings (SSSR count). The number of hydrogen-bond acceptors (Lipinski definition) is 3. The number of carbonyl (C=O) groups excluding carboxylic acids is 1. The molecule has 0 amide bonds. The van der Waals surface area contributed by atoms with Gasteiger partial charge in [0.25, 0.3) is 0 Å². The number of carbonyl (C=O) groups is 1. The first kappa shape index (κ1) is 12.9. The van der Waals surface area contributed by atoms with Crippen molar-refractivity contribution in [2.24, 2.45) is 5.92 Å². The summed E-state index contributed by atoms with van der Waals surface area (Å²) >= 11 is 0. The monoisotopic (exact) mass is 248 g/mol. The molecule has 3 nitrogen and oxygen atoms in total. The van der Waals surface area contributed by atoms with Crippen molar-refractivity contribution in [1.29, 1.82) is 0 Å². The topological polar surface area (TPSA) is 35.5 Å². The molecule has 0 heterocycles. The number of ether oxygens (including phenoxy) is 2. The Labute approximate surface area is 108 Å². The number of para-hydroxylation sites is 1. The van der Waals surface area contributed by atoms with Gasteiger partial charge in [-0.25, -0.2) is 0 Å². The molecule has 0 atom stereocenters. The highest BCUT2D eigenvalue weighted by Gasteiger charge is 2.22. The number of rotatable bonds is 5. The summed E-state index contributed by atoms with van der Waals surface area (Å²) in [6, 6.07) is 9.56. The van der Waals surface area contributed by atoms with Gasteiger partial charge in [-0.3, -0.25) is 4.79 Å². The molecule has 0 unspecified atom stereocenters. The quantitative estimate of drug-likeness (QED) is 0.593. The van der Waals surface area contributed by atoms with E-state index in [0.717, 1.165) is 31.4 Å². The Balaban J connectivity index is 1.61. The molecule has 0 radical (unpaired) electrons. The van der Waals surface area contributed by atoms with E-state index in [4.69, 9.17) is 9.47 Å². The van der Waals surface area contributed by atoms with Gasteiger partial charge in [-0.05, 0) is 25.0 Å². The van der Waals surface area contributed by atoms with Crippen molar-refractivity contribution in [2.45, 2.75) is 32.1 Å². The Morgan fingerprint density at radius 1 is 1.06 bits per heavy atom. The standard InChI is InChI=1S/C15H20O3/c16-15(13-7-3-1-4-8-13)18-12-11-17-14-9-5-2-6-10-14/h2,5-6,9-10,13H,1,3-4,7-8,11-12H2. The fraction of sp³-hybridized carbons (Fsp3) is 0.533.